The summed E-state index contributed by atoms with van der Waals surface area (Å²) in [6, 6.07) is 14.4. The van der Waals surface area contributed by atoms with E-state index in [4.69, 9.17) is 18.6 Å². The number of rotatable bonds is 7. The Morgan fingerprint density at radius 2 is 1.76 bits per heavy atom. The van der Waals surface area contributed by atoms with Crippen LogP contribution in [0.3, 0.4) is 0 Å². The normalized spacial score (nSPS) is 17.3. The molecular weight excluding hydrogens is 426 g/mol. The van der Waals surface area contributed by atoms with Gasteiger partial charge in [-0.15, -0.1) is 0 Å². The van der Waals surface area contributed by atoms with Crippen LogP contribution in [-0.2, 0) is 16.1 Å². The number of methoxy groups -OCH3 is 3. The molecule has 1 saturated heterocycles. The minimum Gasteiger partial charge on any atom is -0.507 e. The number of carbonyl (C=O) groups is 2. The van der Waals surface area contributed by atoms with Crippen LogP contribution in [0.5, 0.6) is 17.2 Å². The first-order chi connectivity index (χ1) is 16.0. The molecule has 1 aromatic heterocycles. The van der Waals surface area contributed by atoms with Crippen LogP contribution < -0.4 is 14.2 Å². The Hall–Kier alpha value is -4.20. The third-order valence-electron chi connectivity index (χ3n) is 5.51. The second-order valence-electron chi connectivity index (χ2n) is 7.35. The lowest BCUT2D eigenvalue weighted by Crippen LogP contribution is -2.29. The molecule has 170 valence electrons. The molecule has 0 spiro atoms. The molecule has 1 aliphatic rings. The van der Waals surface area contributed by atoms with Gasteiger partial charge in [-0.05, 0) is 48.0 Å². The summed E-state index contributed by atoms with van der Waals surface area (Å²) in [5, 5.41) is 11.2. The number of amides is 1. The molecule has 1 fully saturated rings. The first-order valence-electron chi connectivity index (χ1n) is 10.2. The molecule has 1 aliphatic heterocycles. The van der Waals surface area contributed by atoms with Crippen LogP contribution in [0.25, 0.3) is 5.76 Å². The highest BCUT2D eigenvalue weighted by Gasteiger charge is 2.46. The quantitative estimate of drug-likeness (QED) is 0.332. The summed E-state index contributed by atoms with van der Waals surface area (Å²) >= 11 is 0. The fourth-order valence-electron chi connectivity index (χ4n) is 3.91. The van der Waals surface area contributed by atoms with Gasteiger partial charge in [0.15, 0.2) is 11.5 Å². The predicted molar refractivity (Wildman–Crippen MR) is 119 cm³/mol. The van der Waals surface area contributed by atoms with E-state index in [9.17, 15) is 14.7 Å². The van der Waals surface area contributed by atoms with Crippen LogP contribution in [0.4, 0.5) is 0 Å². The number of ether oxygens (including phenoxy) is 3. The van der Waals surface area contributed by atoms with Gasteiger partial charge in [0.1, 0.15) is 17.3 Å². The number of hydrogen-bond acceptors (Lipinski definition) is 7. The number of likely N-dealkylation sites (tertiary alicyclic amines) is 1. The molecule has 1 amide bonds. The van der Waals surface area contributed by atoms with Crippen molar-refractivity contribution in [3.05, 3.63) is 83.3 Å². The van der Waals surface area contributed by atoms with Gasteiger partial charge in [0.25, 0.3) is 11.7 Å². The van der Waals surface area contributed by atoms with Gasteiger partial charge >= 0.3 is 0 Å². The summed E-state index contributed by atoms with van der Waals surface area (Å²) in [4.78, 5) is 27.6. The largest absolute Gasteiger partial charge is 0.507 e. The monoisotopic (exact) mass is 449 g/mol. The summed E-state index contributed by atoms with van der Waals surface area (Å²) in [5.41, 5.74) is 0.894. The maximum absolute atomic E-state index is 13.1. The van der Waals surface area contributed by atoms with E-state index in [1.165, 1.54) is 32.5 Å². The van der Waals surface area contributed by atoms with Gasteiger partial charge in [-0.25, -0.2) is 0 Å². The molecule has 0 aliphatic carbocycles. The van der Waals surface area contributed by atoms with Gasteiger partial charge in [0.05, 0.1) is 45.8 Å². The first kappa shape index (κ1) is 22.0. The van der Waals surface area contributed by atoms with Gasteiger partial charge < -0.3 is 28.6 Å². The van der Waals surface area contributed by atoms with Crippen molar-refractivity contribution in [3.8, 4) is 17.2 Å². The third kappa shape index (κ3) is 4.03. The van der Waals surface area contributed by atoms with E-state index in [1.54, 1.807) is 54.6 Å². The van der Waals surface area contributed by atoms with Crippen molar-refractivity contribution < 1.29 is 33.3 Å². The zero-order valence-corrected chi connectivity index (χ0v) is 18.4. The van der Waals surface area contributed by atoms with Crippen LogP contribution in [0.2, 0.25) is 0 Å². The summed E-state index contributed by atoms with van der Waals surface area (Å²) in [7, 11) is 4.50. The van der Waals surface area contributed by atoms with Crippen molar-refractivity contribution in [1.29, 1.82) is 0 Å². The van der Waals surface area contributed by atoms with Crippen LogP contribution in [0.15, 0.2) is 70.9 Å². The molecule has 8 nitrogen and oxygen atoms in total. The van der Waals surface area contributed by atoms with Crippen molar-refractivity contribution in [2.75, 3.05) is 21.3 Å². The lowest BCUT2D eigenvalue weighted by atomic mass is 9.95. The van der Waals surface area contributed by atoms with Crippen LogP contribution in [0, 0.1) is 0 Å². The maximum atomic E-state index is 13.1. The number of nitrogens with zero attached hydrogens (tertiary/aromatic N) is 1. The standard InChI is InChI=1S/C25H23NO7/c1-30-17-7-4-6-15(12-17)22-21(23(27)16-9-10-19(31-2)20(13-16)32-3)24(28)25(29)26(22)14-18-8-5-11-33-18/h4-13,22,27H,14H2,1-3H3/b23-21-. The van der Waals surface area contributed by atoms with Crippen molar-refractivity contribution in [2.24, 2.45) is 0 Å². The average molecular weight is 449 g/mol. The Balaban J connectivity index is 1.88. The zero-order valence-electron chi connectivity index (χ0n) is 18.4. The number of benzene rings is 2. The summed E-state index contributed by atoms with van der Waals surface area (Å²) in [5.74, 6) is 0.0750. The highest BCUT2D eigenvalue weighted by Crippen LogP contribution is 2.42. The Kier molecular flexibility index (Phi) is 6.08. The summed E-state index contributed by atoms with van der Waals surface area (Å²) in [6.45, 7) is 0.0577. The molecule has 0 bridgehead atoms. The molecule has 2 aromatic carbocycles. The minimum atomic E-state index is -0.849. The van der Waals surface area contributed by atoms with Gasteiger partial charge in [0, 0.05) is 5.56 Å². The number of hydrogen-bond donors (Lipinski definition) is 1. The Labute approximate surface area is 190 Å². The number of carbonyl (C=O) groups excluding carboxylic acids is 2. The summed E-state index contributed by atoms with van der Waals surface area (Å²) < 4.78 is 21.3. The van der Waals surface area contributed by atoms with E-state index in [0.717, 1.165) is 0 Å². The lowest BCUT2D eigenvalue weighted by Gasteiger charge is -2.25. The zero-order chi connectivity index (χ0) is 23.5. The maximum Gasteiger partial charge on any atom is 0.296 e. The van der Waals surface area contributed by atoms with Gasteiger partial charge in [-0.2, -0.15) is 0 Å². The van der Waals surface area contributed by atoms with Crippen molar-refractivity contribution in [3.63, 3.8) is 0 Å². The number of ketones is 1. The van der Waals surface area contributed by atoms with Crippen LogP contribution >= 0.6 is 0 Å². The SMILES string of the molecule is COc1cccc(C2/C(=C(/O)c3ccc(OC)c(OC)c3)C(=O)C(=O)N2Cc2ccco2)c1. The molecule has 4 rings (SSSR count). The fraction of sp³-hybridized carbons (Fsp3) is 0.200. The molecule has 8 heteroatoms. The predicted octanol–water partition coefficient (Wildman–Crippen LogP) is 3.93. The van der Waals surface area contributed by atoms with Crippen LogP contribution in [-0.4, -0.2) is 43.0 Å². The lowest BCUT2D eigenvalue weighted by molar-refractivity contribution is -0.140. The number of aliphatic hydroxyl groups is 1. The van der Waals surface area contributed by atoms with Crippen molar-refractivity contribution in [1.82, 2.24) is 4.90 Å². The minimum absolute atomic E-state index is 0.0352. The molecule has 1 atom stereocenters. The topological polar surface area (TPSA) is 98.4 Å². The fourth-order valence-corrected chi connectivity index (χ4v) is 3.91. The van der Waals surface area contributed by atoms with E-state index < -0.39 is 17.7 Å². The smallest absolute Gasteiger partial charge is 0.296 e. The van der Waals surface area contributed by atoms with Crippen molar-refractivity contribution in [2.45, 2.75) is 12.6 Å². The van der Waals surface area contributed by atoms with Gasteiger partial charge in [0.2, 0.25) is 0 Å². The molecular formula is C25H23NO7. The average Bonchev–Trinajstić information content (AvgIpc) is 3.45. The highest BCUT2D eigenvalue weighted by atomic mass is 16.5. The summed E-state index contributed by atoms with van der Waals surface area (Å²) in [6.07, 6.45) is 1.50. The van der Waals surface area contributed by atoms with E-state index >= 15 is 0 Å². The van der Waals surface area contributed by atoms with Crippen molar-refractivity contribution >= 4 is 17.4 Å². The van der Waals surface area contributed by atoms with E-state index in [0.29, 0.717) is 34.1 Å². The van der Waals surface area contributed by atoms with Gasteiger partial charge in [-0.1, -0.05) is 12.1 Å². The second kappa shape index (κ2) is 9.12. The first-order valence-corrected chi connectivity index (χ1v) is 10.2. The van der Waals surface area contributed by atoms with Gasteiger partial charge in [-0.3, -0.25) is 9.59 Å². The van der Waals surface area contributed by atoms with E-state index in [2.05, 4.69) is 0 Å². The molecule has 1 unspecified atom stereocenters. The Morgan fingerprint density at radius 3 is 2.42 bits per heavy atom. The second-order valence-corrected chi connectivity index (χ2v) is 7.35. The Morgan fingerprint density at radius 1 is 0.970 bits per heavy atom. The van der Waals surface area contributed by atoms with Crippen LogP contribution in [0.1, 0.15) is 22.9 Å². The molecule has 0 saturated carbocycles. The molecule has 0 radical (unpaired) electrons. The molecule has 33 heavy (non-hydrogen) atoms. The van der Waals surface area contributed by atoms with E-state index in [-0.39, 0.29) is 17.9 Å². The molecule has 2 heterocycles. The number of furan rings is 1. The number of Topliss-reactive ketones (excluding diaryl/α,β-unsaturated/α-hetero) is 1. The molecule has 1 N–H and O–H groups in total. The molecule has 3 aromatic rings. The van der Waals surface area contributed by atoms with E-state index in [1.807, 2.05) is 0 Å². The Bertz CT molecular complexity index is 1210. The number of aliphatic hydroxyl groups excluding tert-OH is 1. The third-order valence-corrected chi connectivity index (χ3v) is 5.51. The highest BCUT2D eigenvalue weighted by molar-refractivity contribution is 6.46.